The molecule has 0 bridgehead atoms. The second-order valence-electron chi connectivity index (χ2n) is 4.25. The van der Waals surface area contributed by atoms with Crippen molar-refractivity contribution in [2.45, 2.75) is 6.42 Å². The topological polar surface area (TPSA) is 93.7 Å². The van der Waals surface area contributed by atoms with Gasteiger partial charge in [0.1, 0.15) is 6.42 Å². The Bertz CT molecular complexity index is 562. The second kappa shape index (κ2) is 9.01. The van der Waals surface area contributed by atoms with Crippen LogP contribution in [0.5, 0.6) is 0 Å². The number of amides is 2. The van der Waals surface area contributed by atoms with E-state index in [0.29, 0.717) is 13.2 Å². The minimum absolute atomic E-state index is 0.235. The van der Waals surface area contributed by atoms with Gasteiger partial charge in [-0.25, -0.2) is 4.79 Å². The van der Waals surface area contributed by atoms with E-state index in [2.05, 4.69) is 15.4 Å². The molecule has 0 spiro atoms. The van der Waals surface area contributed by atoms with Gasteiger partial charge >= 0.3 is 5.97 Å². The Labute approximate surface area is 132 Å². The van der Waals surface area contributed by atoms with E-state index >= 15 is 0 Å². The van der Waals surface area contributed by atoms with E-state index in [1.165, 1.54) is 32.4 Å². The number of methoxy groups -OCH3 is 2. The molecule has 0 saturated carbocycles. The van der Waals surface area contributed by atoms with Crippen molar-refractivity contribution in [2.75, 3.05) is 32.7 Å². The predicted molar refractivity (Wildman–Crippen MR) is 80.9 cm³/mol. The summed E-state index contributed by atoms with van der Waals surface area (Å²) < 4.78 is 9.36. The van der Waals surface area contributed by atoms with Crippen molar-refractivity contribution in [3.63, 3.8) is 0 Å². The zero-order valence-corrected chi connectivity index (χ0v) is 13.0. The summed E-state index contributed by atoms with van der Waals surface area (Å²) in [5.74, 6) is -1.53. The molecule has 0 aliphatic carbocycles. The monoisotopic (exact) mass is 328 g/mol. The van der Waals surface area contributed by atoms with Gasteiger partial charge in [0.05, 0.1) is 30.0 Å². The van der Waals surface area contributed by atoms with E-state index in [0.717, 1.165) is 0 Å². The summed E-state index contributed by atoms with van der Waals surface area (Å²) in [7, 11) is 2.76. The van der Waals surface area contributed by atoms with Gasteiger partial charge in [0.2, 0.25) is 11.8 Å². The number of carbonyl (C=O) groups is 3. The highest BCUT2D eigenvalue weighted by Gasteiger charge is 2.13. The number of carbonyl (C=O) groups excluding carboxylic acids is 3. The van der Waals surface area contributed by atoms with Crippen molar-refractivity contribution in [2.24, 2.45) is 0 Å². The van der Waals surface area contributed by atoms with Crippen molar-refractivity contribution in [3.8, 4) is 0 Å². The number of benzene rings is 1. The highest BCUT2D eigenvalue weighted by Crippen LogP contribution is 2.23. The Kier molecular flexibility index (Phi) is 7.34. The molecule has 0 aromatic heterocycles. The summed E-state index contributed by atoms with van der Waals surface area (Å²) in [5, 5.41) is 5.25. The van der Waals surface area contributed by atoms with Crippen LogP contribution in [0.2, 0.25) is 5.02 Å². The third kappa shape index (κ3) is 5.71. The van der Waals surface area contributed by atoms with E-state index < -0.39 is 17.8 Å². The number of nitrogens with one attached hydrogen (secondary N) is 2. The van der Waals surface area contributed by atoms with Crippen LogP contribution < -0.4 is 10.6 Å². The third-order valence-corrected chi connectivity index (χ3v) is 2.94. The normalized spacial score (nSPS) is 9.95. The van der Waals surface area contributed by atoms with Crippen LogP contribution >= 0.6 is 11.6 Å². The van der Waals surface area contributed by atoms with Crippen molar-refractivity contribution >= 4 is 35.1 Å². The van der Waals surface area contributed by atoms with E-state index in [9.17, 15) is 14.4 Å². The largest absolute Gasteiger partial charge is 0.465 e. The van der Waals surface area contributed by atoms with Gasteiger partial charge in [-0.05, 0) is 18.2 Å². The van der Waals surface area contributed by atoms with Gasteiger partial charge in [-0.3, -0.25) is 9.59 Å². The lowest BCUT2D eigenvalue weighted by Crippen LogP contribution is -2.30. The van der Waals surface area contributed by atoms with Crippen molar-refractivity contribution in [1.29, 1.82) is 0 Å². The maximum atomic E-state index is 11.8. The maximum Gasteiger partial charge on any atom is 0.337 e. The van der Waals surface area contributed by atoms with E-state index in [1.54, 1.807) is 0 Å². The molecule has 1 aromatic carbocycles. The molecule has 8 heteroatoms. The molecule has 0 aliphatic rings. The molecule has 1 rings (SSSR count). The first-order valence-electron chi connectivity index (χ1n) is 6.41. The zero-order chi connectivity index (χ0) is 16.5. The number of rotatable bonds is 7. The predicted octanol–water partition coefficient (Wildman–Crippen LogP) is 1.22. The molecule has 0 aliphatic heterocycles. The van der Waals surface area contributed by atoms with Crippen LogP contribution in [0.15, 0.2) is 18.2 Å². The van der Waals surface area contributed by atoms with Gasteiger partial charge < -0.3 is 20.1 Å². The molecule has 2 N–H and O–H groups in total. The highest BCUT2D eigenvalue weighted by atomic mass is 35.5. The molecule has 22 heavy (non-hydrogen) atoms. The first-order chi connectivity index (χ1) is 10.5. The number of esters is 1. The minimum Gasteiger partial charge on any atom is -0.465 e. The highest BCUT2D eigenvalue weighted by molar-refractivity contribution is 6.34. The van der Waals surface area contributed by atoms with E-state index in [-0.39, 0.29) is 22.7 Å². The van der Waals surface area contributed by atoms with Crippen LogP contribution in [0.4, 0.5) is 5.69 Å². The summed E-state index contributed by atoms with van der Waals surface area (Å²) in [6.07, 6.45) is -0.359. The third-order valence-electron chi connectivity index (χ3n) is 2.61. The van der Waals surface area contributed by atoms with Crippen LogP contribution in [0.25, 0.3) is 0 Å². The van der Waals surface area contributed by atoms with Crippen molar-refractivity contribution < 1.29 is 23.9 Å². The Morgan fingerprint density at radius 2 is 1.91 bits per heavy atom. The summed E-state index contributed by atoms with van der Waals surface area (Å²) in [5.41, 5.74) is 0.478. The quantitative estimate of drug-likeness (QED) is 0.446. The molecular formula is C14H17ClN2O5. The number of anilines is 1. The van der Waals surface area contributed by atoms with Gasteiger partial charge in [0.15, 0.2) is 0 Å². The number of hydrogen-bond acceptors (Lipinski definition) is 5. The average Bonchev–Trinajstić information content (AvgIpc) is 2.48. The van der Waals surface area contributed by atoms with Crippen LogP contribution in [0.3, 0.4) is 0 Å². The Morgan fingerprint density at radius 3 is 2.55 bits per heavy atom. The molecule has 1 aromatic rings. The van der Waals surface area contributed by atoms with Gasteiger partial charge in [-0.1, -0.05) is 11.6 Å². The Hall–Kier alpha value is -2.12. The lowest BCUT2D eigenvalue weighted by molar-refractivity contribution is -0.126. The standard InChI is InChI=1S/C14H17ClN2O5/c1-21-6-5-16-12(18)8-13(19)17-11-7-9(14(20)22-2)3-4-10(11)15/h3-4,7H,5-6,8H2,1-2H3,(H,16,18)(H,17,19). The van der Waals surface area contributed by atoms with Crippen LogP contribution in [0.1, 0.15) is 16.8 Å². The summed E-state index contributed by atoms with van der Waals surface area (Å²) in [6, 6.07) is 4.32. The van der Waals surface area contributed by atoms with Gasteiger partial charge in [-0.15, -0.1) is 0 Å². The Balaban J connectivity index is 2.63. The molecule has 0 unspecified atom stereocenters. The molecule has 7 nitrogen and oxygen atoms in total. The zero-order valence-electron chi connectivity index (χ0n) is 12.3. The molecule has 0 heterocycles. The van der Waals surface area contributed by atoms with Gasteiger partial charge in [0, 0.05) is 13.7 Å². The van der Waals surface area contributed by atoms with Crippen molar-refractivity contribution in [1.82, 2.24) is 5.32 Å². The lowest BCUT2D eigenvalue weighted by Gasteiger charge is -2.09. The van der Waals surface area contributed by atoms with Crippen LogP contribution in [-0.4, -0.2) is 45.2 Å². The molecule has 2 amide bonds. The first kappa shape index (κ1) is 17.9. The molecule has 0 fully saturated rings. The van der Waals surface area contributed by atoms with Gasteiger partial charge in [-0.2, -0.15) is 0 Å². The fraction of sp³-hybridized carbons (Fsp3) is 0.357. The maximum absolute atomic E-state index is 11.8. The van der Waals surface area contributed by atoms with E-state index in [4.69, 9.17) is 16.3 Å². The SMILES string of the molecule is COCCNC(=O)CC(=O)Nc1cc(C(=O)OC)ccc1Cl. The fourth-order valence-corrected chi connectivity index (χ4v) is 1.73. The Morgan fingerprint density at radius 1 is 1.18 bits per heavy atom. The van der Waals surface area contributed by atoms with E-state index in [1.807, 2.05) is 0 Å². The number of ether oxygens (including phenoxy) is 2. The second-order valence-corrected chi connectivity index (χ2v) is 4.66. The van der Waals surface area contributed by atoms with Crippen LogP contribution in [-0.2, 0) is 19.1 Å². The summed E-state index contributed by atoms with van der Waals surface area (Å²) in [6.45, 7) is 0.682. The molecule has 0 atom stereocenters. The molecule has 0 radical (unpaired) electrons. The minimum atomic E-state index is -0.551. The fourth-order valence-electron chi connectivity index (χ4n) is 1.56. The number of halogens is 1. The first-order valence-corrected chi connectivity index (χ1v) is 6.79. The number of hydrogen-bond donors (Lipinski definition) is 2. The molecular weight excluding hydrogens is 312 g/mol. The smallest absolute Gasteiger partial charge is 0.337 e. The van der Waals surface area contributed by atoms with Gasteiger partial charge in [0.25, 0.3) is 0 Å². The average molecular weight is 329 g/mol. The molecule has 120 valence electrons. The summed E-state index contributed by atoms with van der Waals surface area (Å²) in [4.78, 5) is 34.7. The summed E-state index contributed by atoms with van der Waals surface area (Å²) >= 11 is 5.94. The van der Waals surface area contributed by atoms with Crippen LogP contribution in [0, 0.1) is 0 Å². The lowest BCUT2D eigenvalue weighted by atomic mass is 10.2. The van der Waals surface area contributed by atoms with Crippen molar-refractivity contribution in [3.05, 3.63) is 28.8 Å². The molecule has 0 saturated heterocycles.